The molecule has 1 aliphatic heterocycles. The van der Waals surface area contributed by atoms with Crippen LogP contribution in [0.2, 0.25) is 0 Å². The molecule has 0 saturated heterocycles. The molecule has 2 rings (SSSR count). The maximum atomic E-state index is 10.5. The van der Waals surface area contributed by atoms with Crippen molar-refractivity contribution in [3.8, 4) is 0 Å². The van der Waals surface area contributed by atoms with Crippen LogP contribution in [0.3, 0.4) is 0 Å². The van der Waals surface area contributed by atoms with Gasteiger partial charge in [-0.1, -0.05) is 0 Å². The smallest absolute Gasteiger partial charge is 0.306 e. The predicted octanol–water partition coefficient (Wildman–Crippen LogP) is 1.50. The average Bonchev–Trinajstić information content (AvgIpc) is 2.69. The normalized spacial score (nSPS) is 22.1. The Morgan fingerprint density at radius 2 is 2.47 bits per heavy atom. The van der Waals surface area contributed by atoms with Crippen LogP contribution >= 0.6 is 11.3 Å². The van der Waals surface area contributed by atoms with Gasteiger partial charge in [0.1, 0.15) is 0 Å². The number of thiophene rings is 1. The molecule has 0 aliphatic carbocycles. The number of carbonyl (C=O) groups is 1. The molecule has 2 atom stereocenters. The molecule has 17 heavy (non-hydrogen) atoms. The fraction of sp³-hybridized carbons (Fsp3) is 0.583. The highest BCUT2D eigenvalue weighted by molar-refractivity contribution is 7.10. The van der Waals surface area contributed by atoms with Gasteiger partial charge in [-0.25, -0.2) is 0 Å². The first-order valence-corrected chi connectivity index (χ1v) is 6.66. The van der Waals surface area contributed by atoms with Gasteiger partial charge >= 0.3 is 5.97 Å². The zero-order valence-electron chi connectivity index (χ0n) is 9.80. The molecule has 1 aromatic rings. The van der Waals surface area contributed by atoms with E-state index in [4.69, 9.17) is 5.11 Å². The first-order chi connectivity index (χ1) is 8.08. The van der Waals surface area contributed by atoms with Crippen LogP contribution in [0.1, 0.15) is 29.8 Å². The van der Waals surface area contributed by atoms with Crippen LogP contribution in [-0.4, -0.2) is 40.3 Å². The number of hydrogen-bond acceptors (Lipinski definition) is 4. The Morgan fingerprint density at radius 1 is 1.71 bits per heavy atom. The number of aliphatic hydroxyl groups is 1. The Morgan fingerprint density at radius 3 is 3.18 bits per heavy atom. The van der Waals surface area contributed by atoms with Crippen LogP contribution in [0.25, 0.3) is 0 Å². The van der Waals surface area contributed by atoms with Crippen molar-refractivity contribution >= 4 is 17.3 Å². The summed E-state index contributed by atoms with van der Waals surface area (Å²) in [5.41, 5.74) is 1.32. The summed E-state index contributed by atoms with van der Waals surface area (Å²) in [6.07, 6.45) is 0.0340. The number of β-amino-alcohol motifs (C(OH)–C–C–N with tert-alkyl or cyclic N) is 1. The van der Waals surface area contributed by atoms with Gasteiger partial charge in [-0.2, -0.15) is 0 Å². The zero-order chi connectivity index (χ0) is 12.4. The third kappa shape index (κ3) is 2.86. The van der Waals surface area contributed by atoms with E-state index in [1.165, 1.54) is 10.4 Å². The van der Waals surface area contributed by atoms with E-state index in [9.17, 15) is 9.90 Å². The van der Waals surface area contributed by atoms with Crippen LogP contribution in [0, 0.1) is 0 Å². The van der Waals surface area contributed by atoms with Crippen LogP contribution in [0.15, 0.2) is 11.4 Å². The van der Waals surface area contributed by atoms with Crippen molar-refractivity contribution in [1.29, 1.82) is 0 Å². The number of aliphatic hydroxyl groups excluding tert-OH is 1. The number of fused-ring (bicyclic) bond motifs is 1. The molecule has 2 N–H and O–H groups in total. The quantitative estimate of drug-likeness (QED) is 0.856. The average molecular weight is 255 g/mol. The van der Waals surface area contributed by atoms with Gasteiger partial charge in [0.2, 0.25) is 0 Å². The maximum Gasteiger partial charge on any atom is 0.306 e. The molecule has 4 nitrogen and oxygen atoms in total. The number of hydrogen-bond donors (Lipinski definition) is 2. The molecule has 0 aromatic carbocycles. The molecule has 1 aliphatic rings. The summed E-state index contributed by atoms with van der Waals surface area (Å²) < 4.78 is 0. The minimum atomic E-state index is -0.946. The minimum absolute atomic E-state index is 0.181. The van der Waals surface area contributed by atoms with E-state index >= 15 is 0 Å². The van der Waals surface area contributed by atoms with E-state index in [1.807, 2.05) is 0 Å². The number of carboxylic acid groups (broad SMARTS) is 1. The molecule has 0 saturated carbocycles. The fourth-order valence-corrected chi connectivity index (χ4v) is 3.31. The topological polar surface area (TPSA) is 60.8 Å². The molecule has 0 bridgehead atoms. The predicted molar refractivity (Wildman–Crippen MR) is 66.3 cm³/mol. The second-order valence-electron chi connectivity index (χ2n) is 4.47. The van der Waals surface area contributed by atoms with Crippen LogP contribution < -0.4 is 0 Å². The van der Waals surface area contributed by atoms with Gasteiger partial charge < -0.3 is 10.2 Å². The van der Waals surface area contributed by atoms with Crippen LogP contribution in [0.4, 0.5) is 0 Å². The standard InChI is InChI=1S/C12H17NO3S/c1-8-10-3-5-17-11(10)2-4-13(8)7-9(14)6-12(15)16/h3,5,8-9,14H,2,4,6-7H2,1H3,(H,15,16). The highest BCUT2D eigenvalue weighted by atomic mass is 32.1. The van der Waals surface area contributed by atoms with Gasteiger partial charge in [-0.3, -0.25) is 9.69 Å². The van der Waals surface area contributed by atoms with E-state index in [0.717, 1.165) is 13.0 Å². The summed E-state index contributed by atoms with van der Waals surface area (Å²) in [6.45, 7) is 3.44. The van der Waals surface area contributed by atoms with Crippen molar-refractivity contribution in [1.82, 2.24) is 4.90 Å². The molecule has 0 spiro atoms. The van der Waals surface area contributed by atoms with Crippen molar-refractivity contribution in [2.75, 3.05) is 13.1 Å². The lowest BCUT2D eigenvalue weighted by Gasteiger charge is -2.34. The highest BCUT2D eigenvalue weighted by Gasteiger charge is 2.26. The third-order valence-electron chi connectivity index (χ3n) is 3.26. The number of rotatable bonds is 4. The van der Waals surface area contributed by atoms with E-state index in [1.54, 1.807) is 11.3 Å². The van der Waals surface area contributed by atoms with E-state index in [0.29, 0.717) is 6.54 Å². The molecule has 0 amide bonds. The summed E-state index contributed by atoms with van der Waals surface area (Å²) >= 11 is 1.78. The van der Waals surface area contributed by atoms with E-state index < -0.39 is 12.1 Å². The van der Waals surface area contributed by atoms with Crippen LogP contribution in [0.5, 0.6) is 0 Å². The summed E-state index contributed by atoms with van der Waals surface area (Å²) in [5, 5.41) is 20.4. The molecule has 0 radical (unpaired) electrons. The van der Waals surface area contributed by atoms with E-state index in [-0.39, 0.29) is 12.5 Å². The highest BCUT2D eigenvalue weighted by Crippen LogP contribution is 2.32. The summed E-state index contributed by atoms with van der Waals surface area (Å²) in [5.74, 6) is -0.946. The molecule has 1 aromatic heterocycles. The van der Waals surface area contributed by atoms with Gasteiger partial charge in [0.25, 0.3) is 0 Å². The largest absolute Gasteiger partial charge is 0.481 e. The van der Waals surface area contributed by atoms with Gasteiger partial charge in [0.15, 0.2) is 0 Å². The number of nitrogens with zero attached hydrogens (tertiary/aromatic N) is 1. The van der Waals surface area contributed by atoms with Crippen molar-refractivity contribution < 1.29 is 15.0 Å². The molecule has 2 heterocycles. The Kier molecular flexibility index (Phi) is 3.81. The molecule has 5 heteroatoms. The molecule has 94 valence electrons. The number of carboxylic acids is 1. The second kappa shape index (κ2) is 5.16. The van der Waals surface area contributed by atoms with Crippen molar-refractivity contribution in [3.63, 3.8) is 0 Å². The second-order valence-corrected chi connectivity index (χ2v) is 5.47. The minimum Gasteiger partial charge on any atom is -0.481 e. The number of aliphatic carboxylic acids is 1. The third-order valence-corrected chi connectivity index (χ3v) is 4.26. The van der Waals surface area contributed by atoms with Crippen molar-refractivity contribution in [3.05, 3.63) is 21.9 Å². The van der Waals surface area contributed by atoms with Gasteiger partial charge in [-0.15, -0.1) is 11.3 Å². The van der Waals surface area contributed by atoms with E-state index in [2.05, 4.69) is 23.3 Å². The lowest BCUT2D eigenvalue weighted by Crippen LogP contribution is -2.39. The Bertz CT molecular complexity index is 404. The summed E-state index contributed by atoms with van der Waals surface area (Å²) in [6, 6.07) is 2.40. The molecule has 0 fully saturated rings. The van der Waals surface area contributed by atoms with Crippen molar-refractivity contribution in [2.45, 2.75) is 31.9 Å². The molecular formula is C12H17NO3S. The summed E-state index contributed by atoms with van der Waals surface area (Å²) in [4.78, 5) is 14.1. The first-order valence-electron chi connectivity index (χ1n) is 5.78. The Balaban J connectivity index is 1.98. The summed E-state index contributed by atoms with van der Waals surface area (Å²) in [7, 11) is 0. The van der Waals surface area contributed by atoms with Gasteiger partial charge in [0.05, 0.1) is 12.5 Å². The monoisotopic (exact) mass is 255 g/mol. The maximum absolute atomic E-state index is 10.5. The molecule has 2 unspecified atom stereocenters. The Hall–Kier alpha value is -0.910. The fourth-order valence-electron chi connectivity index (χ4n) is 2.35. The SMILES string of the molecule is CC1c2ccsc2CCN1CC(O)CC(=O)O. The zero-order valence-corrected chi connectivity index (χ0v) is 10.6. The van der Waals surface area contributed by atoms with Gasteiger partial charge in [0, 0.05) is 24.0 Å². The Labute approximate surface area is 104 Å². The van der Waals surface area contributed by atoms with Crippen molar-refractivity contribution in [2.24, 2.45) is 0 Å². The lowest BCUT2D eigenvalue weighted by molar-refractivity contribution is -0.139. The first kappa shape index (κ1) is 12.5. The van der Waals surface area contributed by atoms with Gasteiger partial charge in [-0.05, 0) is 30.4 Å². The molecular weight excluding hydrogens is 238 g/mol. The lowest BCUT2D eigenvalue weighted by atomic mass is 10.0. The van der Waals surface area contributed by atoms with Crippen LogP contribution in [-0.2, 0) is 11.2 Å².